The summed E-state index contributed by atoms with van der Waals surface area (Å²) in [7, 11) is 0. The highest BCUT2D eigenvalue weighted by atomic mass is 35.5. The Morgan fingerprint density at radius 1 is 1.50 bits per heavy atom. The summed E-state index contributed by atoms with van der Waals surface area (Å²) < 4.78 is 0. The van der Waals surface area contributed by atoms with Crippen LogP contribution in [0.3, 0.4) is 0 Å². The first kappa shape index (κ1) is 14.9. The Balaban J connectivity index is 1.97. The zero-order valence-electron chi connectivity index (χ0n) is 11.7. The largest absolute Gasteiger partial charge is 0.360 e. The third kappa shape index (κ3) is 4.23. The third-order valence-electron chi connectivity index (χ3n) is 3.28. The summed E-state index contributed by atoms with van der Waals surface area (Å²) in [5.74, 6) is 0.901. The van der Waals surface area contributed by atoms with Crippen molar-refractivity contribution in [2.75, 3.05) is 18.4 Å². The maximum atomic E-state index is 11.9. The molecule has 0 spiro atoms. The number of hydrogen-bond acceptors (Lipinski definition) is 1. The second-order valence-corrected chi connectivity index (χ2v) is 5.35. The van der Waals surface area contributed by atoms with E-state index in [0.29, 0.717) is 10.7 Å². The first-order valence-corrected chi connectivity index (χ1v) is 7.46. The van der Waals surface area contributed by atoms with Crippen LogP contribution in [-0.2, 0) is 0 Å². The van der Waals surface area contributed by atoms with Crippen LogP contribution in [-0.4, -0.2) is 29.9 Å². The number of nitrogens with zero attached hydrogens (tertiary/aromatic N) is 2. The summed E-state index contributed by atoms with van der Waals surface area (Å²) in [5.41, 5.74) is 0.671. The van der Waals surface area contributed by atoms with Crippen LogP contribution >= 0.6 is 11.6 Å². The van der Waals surface area contributed by atoms with E-state index < -0.39 is 0 Å². The summed E-state index contributed by atoms with van der Waals surface area (Å²) in [4.78, 5) is 18.3. The Bertz CT molecular complexity index is 502. The van der Waals surface area contributed by atoms with Gasteiger partial charge in [-0.25, -0.2) is 4.79 Å². The third-order valence-corrected chi connectivity index (χ3v) is 3.52. The lowest BCUT2D eigenvalue weighted by Gasteiger charge is -2.18. The quantitative estimate of drug-likeness (QED) is 0.905. The van der Waals surface area contributed by atoms with Gasteiger partial charge in [-0.2, -0.15) is 4.99 Å². The lowest BCUT2D eigenvalue weighted by atomic mass is 10.3. The van der Waals surface area contributed by atoms with Crippen molar-refractivity contribution in [1.29, 1.82) is 0 Å². The van der Waals surface area contributed by atoms with E-state index in [-0.39, 0.29) is 6.03 Å². The van der Waals surface area contributed by atoms with Gasteiger partial charge in [0.05, 0.1) is 0 Å². The summed E-state index contributed by atoms with van der Waals surface area (Å²) in [6.45, 7) is 4.15. The van der Waals surface area contributed by atoms with E-state index in [0.717, 1.165) is 44.6 Å². The SMILES string of the molecule is CCCCN1CCCC1=NC(=O)Nc1cccc(Cl)c1. The molecule has 1 saturated heterocycles. The van der Waals surface area contributed by atoms with Crippen LogP contribution in [0.25, 0.3) is 0 Å². The lowest BCUT2D eigenvalue weighted by molar-refractivity contribution is 0.259. The van der Waals surface area contributed by atoms with Gasteiger partial charge in [0.1, 0.15) is 5.84 Å². The first-order chi connectivity index (χ1) is 9.69. The molecule has 0 aliphatic carbocycles. The molecular formula is C15H20ClN3O. The predicted molar refractivity (Wildman–Crippen MR) is 83.6 cm³/mol. The van der Waals surface area contributed by atoms with Crippen LogP contribution in [0.4, 0.5) is 10.5 Å². The number of amidine groups is 1. The average molecular weight is 294 g/mol. The van der Waals surface area contributed by atoms with Crippen molar-refractivity contribution in [3.63, 3.8) is 0 Å². The first-order valence-electron chi connectivity index (χ1n) is 7.08. The number of unbranched alkanes of at least 4 members (excludes halogenated alkanes) is 1. The van der Waals surface area contributed by atoms with Gasteiger partial charge in [0.2, 0.25) is 0 Å². The minimum Gasteiger partial charge on any atom is -0.360 e. The Hall–Kier alpha value is -1.55. The number of benzene rings is 1. The molecule has 0 atom stereocenters. The highest BCUT2D eigenvalue weighted by Crippen LogP contribution is 2.16. The fourth-order valence-corrected chi connectivity index (χ4v) is 2.46. The molecule has 0 saturated carbocycles. The van der Waals surface area contributed by atoms with E-state index in [1.54, 1.807) is 24.3 Å². The molecule has 1 aliphatic rings. The van der Waals surface area contributed by atoms with Crippen molar-refractivity contribution in [2.45, 2.75) is 32.6 Å². The average Bonchev–Trinajstić information content (AvgIpc) is 2.83. The zero-order valence-corrected chi connectivity index (χ0v) is 12.5. The van der Waals surface area contributed by atoms with Gasteiger partial charge < -0.3 is 10.2 Å². The highest BCUT2D eigenvalue weighted by Gasteiger charge is 2.18. The molecule has 1 heterocycles. The number of nitrogens with one attached hydrogen (secondary N) is 1. The maximum absolute atomic E-state index is 11.9. The van der Waals surface area contributed by atoms with Crippen LogP contribution in [0.15, 0.2) is 29.3 Å². The van der Waals surface area contributed by atoms with Crippen LogP contribution in [0.2, 0.25) is 5.02 Å². The monoisotopic (exact) mass is 293 g/mol. The van der Waals surface area contributed by atoms with Crippen LogP contribution in [0.1, 0.15) is 32.6 Å². The molecule has 0 aromatic heterocycles. The van der Waals surface area contributed by atoms with E-state index >= 15 is 0 Å². The van der Waals surface area contributed by atoms with Crippen molar-refractivity contribution in [3.8, 4) is 0 Å². The van der Waals surface area contributed by atoms with Gasteiger partial charge in [0.15, 0.2) is 0 Å². The Labute approximate surface area is 124 Å². The number of anilines is 1. The number of aliphatic imine (C=N–C) groups is 1. The predicted octanol–water partition coefficient (Wildman–Crippen LogP) is 4.17. The second kappa shape index (κ2) is 7.29. The van der Waals surface area contributed by atoms with Crippen molar-refractivity contribution in [1.82, 2.24) is 4.90 Å². The van der Waals surface area contributed by atoms with Crippen molar-refractivity contribution < 1.29 is 4.79 Å². The van der Waals surface area contributed by atoms with Crippen LogP contribution in [0, 0.1) is 0 Å². The van der Waals surface area contributed by atoms with Gasteiger partial charge in [-0.1, -0.05) is 31.0 Å². The van der Waals surface area contributed by atoms with E-state index in [1.165, 1.54) is 0 Å². The number of rotatable bonds is 4. The van der Waals surface area contributed by atoms with Gasteiger partial charge in [-0.05, 0) is 31.0 Å². The van der Waals surface area contributed by atoms with Crippen LogP contribution in [0.5, 0.6) is 0 Å². The highest BCUT2D eigenvalue weighted by molar-refractivity contribution is 6.30. The van der Waals surface area contributed by atoms with Gasteiger partial charge in [-0.15, -0.1) is 0 Å². The molecule has 1 aromatic carbocycles. The fraction of sp³-hybridized carbons (Fsp3) is 0.467. The molecule has 1 aromatic rings. The van der Waals surface area contributed by atoms with E-state index in [1.807, 2.05) is 0 Å². The maximum Gasteiger partial charge on any atom is 0.347 e. The lowest BCUT2D eigenvalue weighted by Crippen LogP contribution is -2.27. The van der Waals surface area contributed by atoms with Gasteiger partial charge in [0, 0.05) is 30.2 Å². The normalized spacial score (nSPS) is 16.7. The Kier molecular flexibility index (Phi) is 5.41. The van der Waals surface area contributed by atoms with Crippen LogP contribution < -0.4 is 5.32 Å². The van der Waals surface area contributed by atoms with E-state index in [9.17, 15) is 4.79 Å². The number of carbonyl (C=O) groups excluding carboxylic acids is 1. The molecule has 5 heteroatoms. The fourth-order valence-electron chi connectivity index (χ4n) is 2.27. The topological polar surface area (TPSA) is 44.7 Å². The summed E-state index contributed by atoms with van der Waals surface area (Å²) >= 11 is 5.88. The second-order valence-electron chi connectivity index (χ2n) is 4.91. The number of urea groups is 1. The zero-order chi connectivity index (χ0) is 14.4. The number of amides is 2. The molecule has 20 heavy (non-hydrogen) atoms. The molecule has 1 aliphatic heterocycles. The summed E-state index contributed by atoms with van der Waals surface area (Å²) in [5, 5.41) is 3.35. The number of carbonyl (C=O) groups is 1. The minimum atomic E-state index is -0.328. The smallest absolute Gasteiger partial charge is 0.347 e. The summed E-state index contributed by atoms with van der Waals surface area (Å²) in [6.07, 6.45) is 4.24. The number of halogens is 1. The minimum absolute atomic E-state index is 0.328. The molecular weight excluding hydrogens is 274 g/mol. The molecule has 0 unspecified atom stereocenters. The molecule has 0 bridgehead atoms. The van der Waals surface area contributed by atoms with Gasteiger partial charge in [-0.3, -0.25) is 0 Å². The number of likely N-dealkylation sites (tertiary alicyclic amines) is 1. The molecule has 4 nitrogen and oxygen atoms in total. The van der Waals surface area contributed by atoms with Crippen molar-refractivity contribution in [2.24, 2.45) is 4.99 Å². The van der Waals surface area contributed by atoms with Gasteiger partial charge in [0.25, 0.3) is 0 Å². The van der Waals surface area contributed by atoms with Crippen molar-refractivity contribution >= 4 is 29.2 Å². The number of hydrogen-bond donors (Lipinski definition) is 1. The molecule has 2 amide bonds. The van der Waals surface area contributed by atoms with Crippen molar-refractivity contribution in [3.05, 3.63) is 29.3 Å². The molecule has 108 valence electrons. The van der Waals surface area contributed by atoms with E-state index in [2.05, 4.69) is 22.1 Å². The molecule has 1 N–H and O–H groups in total. The Morgan fingerprint density at radius 3 is 3.10 bits per heavy atom. The molecule has 1 fully saturated rings. The molecule has 2 rings (SSSR count). The molecule has 0 radical (unpaired) electrons. The standard InChI is InChI=1S/C15H20ClN3O/c1-2-3-9-19-10-5-8-14(19)18-15(20)17-13-7-4-6-12(16)11-13/h4,6-7,11H,2-3,5,8-10H2,1H3,(H,17,20). The van der Waals surface area contributed by atoms with E-state index in [4.69, 9.17) is 11.6 Å². The Morgan fingerprint density at radius 2 is 2.35 bits per heavy atom. The summed E-state index contributed by atoms with van der Waals surface area (Å²) in [6, 6.07) is 6.75. The van der Waals surface area contributed by atoms with Gasteiger partial charge >= 0.3 is 6.03 Å².